The summed E-state index contributed by atoms with van der Waals surface area (Å²) in [5.74, 6) is -0.283. The highest BCUT2D eigenvalue weighted by molar-refractivity contribution is 7.89. The Morgan fingerprint density at radius 3 is 2.63 bits per heavy atom. The van der Waals surface area contributed by atoms with E-state index in [9.17, 15) is 17.9 Å². The molecule has 19 heavy (non-hydrogen) atoms. The summed E-state index contributed by atoms with van der Waals surface area (Å²) in [6.07, 6.45) is 1.84. The summed E-state index contributed by atoms with van der Waals surface area (Å²) >= 11 is 0. The lowest BCUT2D eigenvalue weighted by Crippen LogP contribution is -2.42. The number of halogens is 1. The van der Waals surface area contributed by atoms with Gasteiger partial charge in [0, 0.05) is 6.54 Å². The van der Waals surface area contributed by atoms with Crippen LogP contribution in [0.15, 0.2) is 23.1 Å². The van der Waals surface area contributed by atoms with Crippen molar-refractivity contribution in [3.8, 4) is 0 Å². The first-order valence-corrected chi connectivity index (χ1v) is 7.69. The van der Waals surface area contributed by atoms with Crippen molar-refractivity contribution < 1.29 is 17.9 Å². The highest BCUT2D eigenvalue weighted by atomic mass is 32.2. The molecule has 0 radical (unpaired) electrons. The molecule has 0 amide bonds. The predicted octanol–water partition coefficient (Wildman–Crippen LogP) is 1.57. The topological polar surface area (TPSA) is 66.4 Å². The van der Waals surface area contributed by atoms with Crippen LogP contribution in [0.3, 0.4) is 0 Å². The maximum atomic E-state index is 13.1. The summed E-state index contributed by atoms with van der Waals surface area (Å²) < 4.78 is 39.6. The van der Waals surface area contributed by atoms with Crippen molar-refractivity contribution in [3.05, 3.63) is 29.6 Å². The van der Waals surface area contributed by atoms with Gasteiger partial charge >= 0.3 is 0 Å². The van der Waals surface area contributed by atoms with E-state index in [2.05, 4.69) is 4.72 Å². The number of hydrogen-bond donors (Lipinski definition) is 2. The Balaban J connectivity index is 2.11. The summed E-state index contributed by atoms with van der Waals surface area (Å²) in [5, 5.41) is 10.1. The number of rotatable bonds is 5. The van der Waals surface area contributed by atoms with Crippen molar-refractivity contribution in [1.29, 1.82) is 0 Å². The fraction of sp³-hybridized carbons (Fsp3) is 0.538. The fourth-order valence-electron chi connectivity index (χ4n) is 1.96. The van der Waals surface area contributed by atoms with E-state index in [1.54, 1.807) is 6.92 Å². The van der Waals surface area contributed by atoms with E-state index in [4.69, 9.17) is 0 Å². The SMILES string of the molecule is Cc1cc(S(=O)(=O)NC[C@](C)(O)C2CC2)ccc1F. The lowest BCUT2D eigenvalue weighted by Gasteiger charge is -2.23. The number of benzene rings is 1. The molecule has 106 valence electrons. The fourth-order valence-corrected chi connectivity index (χ4v) is 3.19. The molecular formula is C13H18FNO3S. The van der Waals surface area contributed by atoms with Crippen LogP contribution in [0.4, 0.5) is 4.39 Å². The molecular weight excluding hydrogens is 269 g/mol. The third-order valence-electron chi connectivity index (χ3n) is 3.52. The smallest absolute Gasteiger partial charge is 0.240 e. The van der Waals surface area contributed by atoms with Crippen molar-refractivity contribution in [2.24, 2.45) is 5.92 Å². The molecule has 0 saturated heterocycles. The lowest BCUT2D eigenvalue weighted by molar-refractivity contribution is 0.0422. The predicted molar refractivity (Wildman–Crippen MR) is 69.7 cm³/mol. The van der Waals surface area contributed by atoms with Crippen LogP contribution in [0, 0.1) is 18.7 Å². The first-order chi connectivity index (χ1) is 8.72. The molecule has 1 saturated carbocycles. The number of sulfonamides is 1. The van der Waals surface area contributed by atoms with E-state index in [1.807, 2.05) is 0 Å². The molecule has 0 unspecified atom stereocenters. The molecule has 2 N–H and O–H groups in total. The molecule has 0 spiro atoms. The molecule has 0 heterocycles. The van der Waals surface area contributed by atoms with Gasteiger partial charge in [-0.2, -0.15) is 0 Å². The zero-order valence-corrected chi connectivity index (χ0v) is 11.8. The second-order valence-electron chi connectivity index (χ2n) is 5.37. The van der Waals surface area contributed by atoms with Crippen LogP contribution in [0.25, 0.3) is 0 Å². The third kappa shape index (κ3) is 3.32. The molecule has 1 atom stereocenters. The second-order valence-corrected chi connectivity index (χ2v) is 7.13. The van der Waals surface area contributed by atoms with Crippen LogP contribution < -0.4 is 4.72 Å². The monoisotopic (exact) mass is 287 g/mol. The minimum atomic E-state index is -3.72. The molecule has 0 aliphatic heterocycles. The Morgan fingerprint density at radius 2 is 2.11 bits per heavy atom. The molecule has 0 aromatic heterocycles. The van der Waals surface area contributed by atoms with Crippen LogP contribution >= 0.6 is 0 Å². The summed E-state index contributed by atoms with van der Waals surface area (Å²) in [7, 11) is -3.72. The number of aryl methyl sites for hydroxylation is 1. The van der Waals surface area contributed by atoms with Gasteiger partial charge in [0.05, 0.1) is 10.5 Å². The molecule has 6 heteroatoms. The van der Waals surface area contributed by atoms with Gasteiger partial charge in [-0.3, -0.25) is 0 Å². The highest BCUT2D eigenvalue weighted by Gasteiger charge is 2.40. The Hall–Kier alpha value is -0.980. The normalized spacial score (nSPS) is 19.2. The van der Waals surface area contributed by atoms with E-state index in [1.165, 1.54) is 19.1 Å². The summed E-state index contributed by atoms with van der Waals surface area (Å²) in [4.78, 5) is 0.0120. The van der Waals surface area contributed by atoms with Crippen LogP contribution in [-0.4, -0.2) is 25.7 Å². The van der Waals surface area contributed by atoms with E-state index < -0.39 is 21.4 Å². The number of hydrogen-bond acceptors (Lipinski definition) is 3. The number of aliphatic hydroxyl groups is 1. The minimum Gasteiger partial charge on any atom is -0.389 e. The molecule has 2 rings (SSSR count). The Kier molecular flexibility index (Phi) is 3.68. The van der Waals surface area contributed by atoms with E-state index in [0.29, 0.717) is 0 Å². The van der Waals surface area contributed by atoms with Crippen LogP contribution in [0.2, 0.25) is 0 Å². The van der Waals surface area contributed by atoms with Gasteiger partial charge in [-0.15, -0.1) is 0 Å². The van der Waals surface area contributed by atoms with Crippen molar-refractivity contribution in [3.63, 3.8) is 0 Å². The molecule has 1 aromatic rings. The van der Waals surface area contributed by atoms with Gasteiger partial charge in [0.2, 0.25) is 10.0 Å². The van der Waals surface area contributed by atoms with Gasteiger partial charge < -0.3 is 5.11 Å². The largest absolute Gasteiger partial charge is 0.389 e. The first-order valence-electron chi connectivity index (χ1n) is 6.20. The van der Waals surface area contributed by atoms with Crippen molar-refractivity contribution in [2.45, 2.75) is 37.2 Å². The van der Waals surface area contributed by atoms with Crippen LogP contribution in [0.1, 0.15) is 25.3 Å². The molecule has 1 fully saturated rings. The quantitative estimate of drug-likeness (QED) is 0.864. The van der Waals surface area contributed by atoms with E-state index in [-0.39, 0.29) is 22.9 Å². The molecule has 1 aromatic carbocycles. The molecule has 1 aliphatic rings. The Labute approximate surface area is 112 Å². The zero-order chi connectivity index (χ0) is 14.3. The van der Waals surface area contributed by atoms with Gasteiger partial charge in [0.15, 0.2) is 0 Å². The third-order valence-corrected chi connectivity index (χ3v) is 4.92. The average molecular weight is 287 g/mol. The molecule has 4 nitrogen and oxygen atoms in total. The Morgan fingerprint density at radius 1 is 1.47 bits per heavy atom. The zero-order valence-electron chi connectivity index (χ0n) is 11.0. The van der Waals surface area contributed by atoms with Crippen LogP contribution in [0.5, 0.6) is 0 Å². The van der Waals surface area contributed by atoms with E-state index >= 15 is 0 Å². The van der Waals surface area contributed by atoms with Crippen LogP contribution in [-0.2, 0) is 10.0 Å². The van der Waals surface area contributed by atoms with Gasteiger partial charge in [-0.25, -0.2) is 17.5 Å². The first kappa shape index (κ1) is 14.4. The lowest BCUT2D eigenvalue weighted by atomic mass is 10.0. The van der Waals surface area contributed by atoms with E-state index in [0.717, 1.165) is 18.9 Å². The van der Waals surface area contributed by atoms with Gasteiger partial charge in [-0.05, 0) is 56.4 Å². The Bertz CT molecular complexity index is 580. The van der Waals surface area contributed by atoms with Gasteiger partial charge in [-0.1, -0.05) is 0 Å². The average Bonchev–Trinajstić information content (AvgIpc) is 3.14. The van der Waals surface area contributed by atoms with Crippen molar-refractivity contribution >= 4 is 10.0 Å². The van der Waals surface area contributed by atoms with Gasteiger partial charge in [0.25, 0.3) is 0 Å². The van der Waals surface area contributed by atoms with Crippen molar-refractivity contribution in [2.75, 3.05) is 6.54 Å². The van der Waals surface area contributed by atoms with Gasteiger partial charge in [0.1, 0.15) is 5.82 Å². The maximum Gasteiger partial charge on any atom is 0.240 e. The van der Waals surface area contributed by atoms with Crippen molar-refractivity contribution in [1.82, 2.24) is 4.72 Å². The summed E-state index contributed by atoms with van der Waals surface area (Å²) in [5.41, 5.74) is -0.751. The number of nitrogens with one attached hydrogen (secondary N) is 1. The molecule has 0 bridgehead atoms. The molecule has 1 aliphatic carbocycles. The summed E-state index contributed by atoms with van der Waals surface area (Å²) in [6.45, 7) is 3.11. The highest BCUT2D eigenvalue weighted by Crippen LogP contribution is 2.39. The summed E-state index contributed by atoms with van der Waals surface area (Å²) in [6, 6.07) is 3.63. The maximum absolute atomic E-state index is 13.1. The minimum absolute atomic E-state index is 0.0120. The standard InChI is InChI=1S/C13H18FNO3S/c1-9-7-11(5-6-12(9)14)19(17,18)15-8-13(2,16)10-3-4-10/h5-7,10,15-16H,3-4,8H2,1-2H3/t13-/m0/s1. The second kappa shape index (κ2) is 4.85.